The second kappa shape index (κ2) is 5.45. The van der Waals surface area contributed by atoms with E-state index < -0.39 is 0 Å². The van der Waals surface area contributed by atoms with E-state index in [0.717, 1.165) is 50.4 Å². The van der Waals surface area contributed by atoms with Gasteiger partial charge in [0.2, 0.25) is 0 Å². The van der Waals surface area contributed by atoms with Crippen molar-refractivity contribution in [2.45, 2.75) is 44.9 Å². The predicted octanol–water partition coefficient (Wildman–Crippen LogP) is 2.63. The maximum Gasteiger partial charge on any atom is 0.409 e. The predicted molar refractivity (Wildman–Crippen MR) is 81.0 cm³/mol. The Labute approximate surface area is 127 Å². The lowest BCUT2D eigenvalue weighted by Gasteiger charge is -2.57. The van der Waals surface area contributed by atoms with Gasteiger partial charge in [0, 0.05) is 26.2 Å². The first kappa shape index (κ1) is 13.9. The van der Waals surface area contributed by atoms with Gasteiger partial charge >= 0.3 is 6.09 Å². The zero-order valence-corrected chi connectivity index (χ0v) is 13.0. The zero-order valence-electron chi connectivity index (χ0n) is 13.0. The Kier molecular flexibility index (Phi) is 3.60. The molecule has 0 aromatic rings. The monoisotopic (exact) mass is 292 g/mol. The van der Waals surface area contributed by atoms with E-state index in [2.05, 4.69) is 5.32 Å². The van der Waals surface area contributed by atoms with Crippen LogP contribution < -0.4 is 5.32 Å². The van der Waals surface area contributed by atoms with Gasteiger partial charge in [-0.15, -0.1) is 0 Å². The van der Waals surface area contributed by atoms with Crippen molar-refractivity contribution in [3.8, 4) is 0 Å². The summed E-state index contributed by atoms with van der Waals surface area (Å²) in [4.78, 5) is 13.9. The smallest absolute Gasteiger partial charge is 0.409 e. The molecule has 21 heavy (non-hydrogen) atoms. The topological polar surface area (TPSA) is 41.6 Å². The van der Waals surface area contributed by atoms with Crippen LogP contribution in [0.4, 0.5) is 4.79 Å². The third-order valence-corrected chi connectivity index (χ3v) is 6.40. The summed E-state index contributed by atoms with van der Waals surface area (Å²) in [6.07, 6.45) is 9.69. The van der Waals surface area contributed by atoms with Crippen molar-refractivity contribution in [2.75, 3.05) is 32.8 Å². The van der Waals surface area contributed by atoms with Crippen LogP contribution in [0, 0.1) is 23.2 Å². The quantitative estimate of drug-likeness (QED) is 0.869. The lowest BCUT2D eigenvalue weighted by molar-refractivity contribution is -0.0653. The van der Waals surface area contributed by atoms with Crippen LogP contribution >= 0.6 is 0 Å². The molecule has 1 amide bonds. The van der Waals surface area contributed by atoms with Gasteiger partial charge in [0.1, 0.15) is 0 Å². The first-order valence-corrected chi connectivity index (χ1v) is 8.85. The highest BCUT2D eigenvalue weighted by molar-refractivity contribution is 5.67. The number of amides is 1. The maximum atomic E-state index is 12.1. The summed E-state index contributed by atoms with van der Waals surface area (Å²) in [7, 11) is 0. The van der Waals surface area contributed by atoms with Crippen LogP contribution in [0.3, 0.4) is 0 Å². The van der Waals surface area contributed by atoms with Gasteiger partial charge in [-0.05, 0) is 68.1 Å². The fraction of sp³-hybridized carbons (Fsp3) is 0.941. The third-order valence-electron chi connectivity index (χ3n) is 6.40. The van der Waals surface area contributed by atoms with Gasteiger partial charge in [0.05, 0.1) is 6.61 Å². The molecule has 0 aromatic heterocycles. The standard InChI is InChI=1S/C17H28N2O2/c20-16(19-4-2-18-3-5-19)21-6-1-17-10-13-7-14(11-17)9-15(8-13)12-17/h13-15,18H,1-12H2. The maximum absolute atomic E-state index is 12.1. The van der Waals surface area contributed by atoms with Crippen LogP contribution in [0.15, 0.2) is 0 Å². The van der Waals surface area contributed by atoms with E-state index in [1.807, 2.05) is 4.90 Å². The minimum absolute atomic E-state index is 0.0961. The summed E-state index contributed by atoms with van der Waals surface area (Å²) < 4.78 is 5.58. The molecule has 0 aromatic carbocycles. The second-order valence-corrected chi connectivity index (χ2v) is 8.02. The summed E-state index contributed by atoms with van der Waals surface area (Å²) in [5, 5.41) is 3.27. The van der Waals surface area contributed by atoms with E-state index in [9.17, 15) is 4.79 Å². The van der Waals surface area contributed by atoms with Crippen molar-refractivity contribution in [3.05, 3.63) is 0 Å². The number of piperazine rings is 1. The molecule has 5 rings (SSSR count). The van der Waals surface area contributed by atoms with E-state index in [4.69, 9.17) is 4.74 Å². The Morgan fingerprint density at radius 2 is 1.62 bits per heavy atom. The van der Waals surface area contributed by atoms with E-state index in [1.54, 1.807) is 0 Å². The minimum atomic E-state index is -0.0961. The van der Waals surface area contributed by atoms with Crippen molar-refractivity contribution in [1.82, 2.24) is 10.2 Å². The third kappa shape index (κ3) is 2.79. The van der Waals surface area contributed by atoms with E-state index in [-0.39, 0.29) is 6.09 Å². The summed E-state index contributed by atoms with van der Waals surface area (Å²) in [6.45, 7) is 4.00. The largest absolute Gasteiger partial charge is 0.449 e. The molecular formula is C17H28N2O2. The molecule has 4 nitrogen and oxygen atoms in total. The number of hydrogen-bond acceptors (Lipinski definition) is 3. The molecule has 4 aliphatic carbocycles. The van der Waals surface area contributed by atoms with E-state index in [0.29, 0.717) is 12.0 Å². The fourth-order valence-electron chi connectivity index (χ4n) is 5.89. The van der Waals surface area contributed by atoms with Gasteiger partial charge in [0.15, 0.2) is 0 Å². The molecule has 0 atom stereocenters. The van der Waals surface area contributed by atoms with E-state index in [1.165, 1.54) is 38.5 Å². The van der Waals surface area contributed by atoms with Crippen molar-refractivity contribution < 1.29 is 9.53 Å². The highest BCUT2D eigenvalue weighted by Crippen LogP contribution is 2.61. The summed E-state index contributed by atoms with van der Waals surface area (Å²) in [5.41, 5.74) is 0.526. The first-order chi connectivity index (χ1) is 10.2. The molecule has 0 unspecified atom stereocenters. The normalized spacial score (nSPS) is 41.3. The van der Waals surface area contributed by atoms with Gasteiger partial charge in [-0.25, -0.2) is 4.79 Å². The Morgan fingerprint density at radius 1 is 1.05 bits per heavy atom. The SMILES string of the molecule is O=C(OCCC12CC3CC(CC(C3)C1)C2)N1CCNCC1. The van der Waals surface area contributed by atoms with Crippen LogP contribution in [0.1, 0.15) is 44.9 Å². The van der Waals surface area contributed by atoms with Gasteiger partial charge < -0.3 is 15.0 Å². The molecule has 4 saturated carbocycles. The van der Waals surface area contributed by atoms with Gasteiger partial charge in [-0.1, -0.05) is 0 Å². The average Bonchev–Trinajstić information content (AvgIpc) is 2.46. The van der Waals surface area contributed by atoms with Crippen molar-refractivity contribution >= 4 is 6.09 Å². The van der Waals surface area contributed by atoms with Crippen LogP contribution in [-0.4, -0.2) is 43.8 Å². The molecule has 1 aliphatic heterocycles. The highest BCUT2D eigenvalue weighted by atomic mass is 16.6. The van der Waals surface area contributed by atoms with Gasteiger partial charge in [-0.2, -0.15) is 0 Å². The van der Waals surface area contributed by atoms with Crippen LogP contribution in [-0.2, 0) is 4.74 Å². The van der Waals surface area contributed by atoms with Gasteiger partial charge in [0.25, 0.3) is 0 Å². The molecular weight excluding hydrogens is 264 g/mol. The number of carbonyl (C=O) groups excluding carboxylic acids is 1. The zero-order chi connectivity index (χ0) is 14.3. The van der Waals surface area contributed by atoms with Gasteiger partial charge in [-0.3, -0.25) is 0 Å². The molecule has 4 bridgehead atoms. The lowest BCUT2D eigenvalue weighted by Crippen LogP contribution is -2.48. The molecule has 5 aliphatic rings. The molecule has 1 saturated heterocycles. The number of carbonyl (C=O) groups is 1. The number of ether oxygens (including phenoxy) is 1. The van der Waals surface area contributed by atoms with Crippen LogP contribution in [0.5, 0.6) is 0 Å². The molecule has 118 valence electrons. The molecule has 4 heteroatoms. The first-order valence-electron chi connectivity index (χ1n) is 8.85. The van der Waals surface area contributed by atoms with Crippen molar-refractivity contribution in [1.29, 1.82) is 0 Å². The number of rotatable bonds is 3. The molecule has 1 heterocycles. The summed E-state index contributed by atoms with van der Waals surface area (Å²) >= 11 is 0. The number of nitrogens with one attached hydrogen (secondary N) is 1. The summed E-state index contributed by atoms with van der Waals surface area (Å²) in [6, 6.07) is 0. The Bertz CT molecular complexity index is 368. The molecule has 5 fully saturated rings. The van der Waals surface area contributed by atoms with Crippen molar-refractivity contribution in [3.63, 3.8) is 0 Å². The number of hydrogen-bond donors (Lipinski definition) is 1. The second-order valence-electron chi connectivity index (χ2n) is 8.02. The van der Waals surface area contributed by atoms with Crippen LogP contribution in [0.2, 0.25) is 0 Å². The Hall–Kier alpha value is -0.770. The minimum Gasteiger partial charge on any atom is -0.449 e. The average molecular weight is 292 g/mol. The van der Waals surface area contributed by atoms with Crippen LogP contribution in [0.25, 0.3) is 0 Å². The Balaban J connectivity index is 1.28. The van der Waals surface area contributed by atoms with E-state index >= 15 is 0 Å². The number of nitrogens with zero attached hydrogens (tertiary/aromatic N) is 1. The highest BCUT2D eigenvalue weighted by Gasteiger charge is 2.50. The fourth-order valence-corrected chi connectivity index (χ4v) is 5.89. The lowest BCUT2D eigenvalue weighted by atomic mass is 9.49. The van der Waals surface area contributed by atoms with Crippen molar-refractivity contribution in [2.24, 2.45) is 23.2 Å². The molecule has 0 radical (unpaired) electrons. The molecule has 1 N–H and O–H groups in total. The Morgan fingerprint density at radius 3 is 2.19 bits per heavy atom. The summed E-state index contributed by atoms with van der Waals surface area (Å²) in [5.74, 6) is 2.96. The molecule has 0 spiro atoms.